The van der Waals surface area contributed by atoms with Gasteiger partial charge in [0.1, 0.15) is 0 Å². The Morgan fingerprint density at radius 2 is 1.92 bits per heavy atom. The Bertz CT molecular complexity index is 115. The zero-order valence-electron chi connectivity index (χ0n) is 8.06. The summed E-state index contributed by atoms with van der Waals surface area (Å²) >= 11 is 0. The second-order valence-corrected chi connectivity index (χ2v) is 2.86. The van der Waals surface area contributed by atoms with Gasteiger partial charge in [0, 0.05) is 6.92 Å². The van der Waals surface area contributed by atoms with Crippen molar-refractivity contribution in [1.82, 2.24) is 5.32 Å². The Hall–Kier alpha value is -0.570. The molecule has 0 fully saturated rings. The lowest BCUT2D eigenvalue weighted by Gasteiger charge is -2.01. The molecule has 0 saturated carbocycles. The van der Waals surface area contributed by atoms with E-state index in [0.29, 0.717) is 6.61 Å². The molecule has 0 unspecified atom stereocenters. The number of hydrogen-bond donors (Lipinski definition) is 1. The third kappa shape index (κ3) is 9.43. The highest BCUT2D eigenvalue weighted by atomic mass is 16.5. The molecule has 12 heavy (non-hydrogen) atoms. The molecule has 0 atom stereocenters. The fourth-order valence-electron chi connectivity index (χ4n) is 0.973. The number of carbonyl (C=O) groups is 1. The minimum absolute atomic E-state index is 0.176. The molecule has 72 valence electrons. The summed E-state index contributed by atoms with van der Waals surface area (Å²) in [6.45, 7) is 3.10. The van der Waals surface area contributed by atoms with Crippen LogP contribution in [0.15, 0.2) is 0 Å². The fourth-order valence-corrected chi connectivity index (χ4v) is 0.973. The molecule has 0 aromatic heterocycles. The van der Waals surface area contributed by atoms with Gasteiger partial charge in [-0.2, -0.15) is 0 Å². The molecule has 0 heterocycles. The maximum Gasteiger partial charge on any atom is 0.302 e. The third-order valence-electron chi connectivity index (χ3n) is 1.63. The normalized spacial score (nSPS) is 9.83. The number of nitrogens with one attached hydrogen (secondary N) is 1. The van der Waals surface area contributed by atoms with Crippen LogP contribution in [0.4, 0.5) is 0 Å². The highest BCUT2D eigenvalue weighted by Crippen LogP contribution is 1.98. The van der Waals surface area contributed by atoms with Crippen molar-refractivity contribution in [3.05, 3.63) is 0 Å². The van der Waals surface area contributed by atoms with Gasteiger partial charge in [0.05, 0.1) is 6.61 Å². The van der Waals surface area contributed by atoms with Crippen molar-refractivity contribution in [2.75, 3.05) is 20.2 Å². The largest absolute Gasteiger partial charge is 0.466 e. The number of hydrogen-bond acceptors (Lipinski definition) is 3. The molecule has 0 aromatic carbocycles. The zero-order valence-corrected chi connectivity index (χ0v) is 8.06. The van der Waals surface area contributed by atoms with Crippen LogP contribution < -0.4 is 5.32 Å². The second-order valence-electron chi connectivity index (χ2n) is 2.86. The molecule has 0 rings (SSSR count). The van der Waals surface area contributed by atoms with Gasteiger partial charge in [-0.3, -0.25) is 4.79 Å². The molecule has 0 aliphatic carbocycles. The van der Waals surface area contributed by atoms with Gasteiger partial charge in [-0.1, -0.05) is 12.8 Å². The topological polar surface area (TPSA) is 38.3 Å². The molecule has 0 aliphatic rings. The van der Waals surface area contributed by atoms with Gasteiger partial charge in [-0.25, -0.2) is 0 Å². The highest BCUT2D eigenvalue weighted by molar-refractivity contribution is 5.65. The van der Waals surface area contributed by atoms with Gasteiger partial charge in [-0.05, 0) is 26.4 Å². The molecule has 0 aromatic rings. The Morgan fingerprint density at radius 1 is 1.25 bits per heavy atom. The molecule has 1 N–H and O–H groups in total. The first-order valence-corrected chi connectivity index (χ1v) is 4.55. The van der Waals surface area contributed by atoms with Crippen LogP contribution in [0.1, 0.15) is 32.6 Å². The molecular formula is C9H19NO2. The minimum atomic E-state index is -0.176. The second kappa shape index (κ2) is 8.53. The van der Waals surface area contributed by atoms with E-state index < -0.39 is 0 Å². The summed E-state index contributed by atoms with van der Waals surface area (Å²) in [6.07, 6.45) is 4.55. The van der Waals surface area contributed by atoms with Crippen molar-refractivity contribution in [2.24, 2.45) is 0 Å². The maximum atomic E-state index is 10.3. The third-order valence-corrected chi connectivity index (χ3v) is 1.63. The van der Waals surface area contributed by atoms with Crippen molar-refractivity contribution in [3.8, 4) is 0 Å². The van der Waals surface area contributed by atoms with E-state index in [-0.39, 0.29) is 5.97 Å². The van der Waals surface area contributed by atoms with Crippen molar-refractivity contribution in [2.45, 2.75) is 32.6 Å². The number of esters is 1. The summed E-state index contributed by atoms with van der Waals surface area (Å²) in [7, 11) is 1.96. The summed E-state index contributed by atoms with van der Waals surface area (Å²) in [4.78, 5) is 10.3. The molecule has 0 radical (unpaired) electrons. The SMILES string of the molecule is CNCCCCCCOC(C)=O. The molecule has 3 heteroatoms. The lowest BCUT2D eigenvalue weighted by atomic mass is 10.2. The Balaban J connectivity index is 2.86. The van der Waals surface area contributed by atoms with Crippen LogP contribution in [0.5, 0.6) is 0 Å². The quantitative estimate of drug-likeness (QED) is 0.466. The van der Waals surface area contributed by atoms with E-state index in [2.05, 4.69) is 5.32 Å². The Morgan fingerprint density at radius 3 is 2.50 bits per heavy atom. The summed E-state index contributed by atoms with van der Waals surface area (Å²) in [5.74, 6) is -0.176. The fraction of sp³-hybridized carbons (Fsp3) is 0.889. The van der Waals surface area contributed by atoms with E-state index in [9.17, 15) is 4.79 Å². The van der Waals surface area contributed by atoms with Crippen molar-refractivity contribution in [3.63, 3.8) is 0 Å². The standard InChI is InChI=1S/C9H19NO2/c1-9(11)12-8-6-4-3-5-7-10-2/h10H,3-8H2,1-2H3. The monoisotopic (exact) mass is 173 g/mol. The lowest BCUT2D eigenvalue weighted by molar-refractivity contribution is -0.141. The van der Waals surface area contributed by atoms with Gasteiger partial charge in [-0.15, -0.1) is 0 Å². The summed E-state index contributed by atoms with van der Waals surface area (Å²) in [5.41, 5.74) is 0. The average molecular weight is 173 g/mol. The van der Waals surface area contributed by atoms with Crippen molar-refractivity contribution in [1.29, 1.82) is 0 Å². The van der Waals surface area contributed by atoms with Crippen LogP contribution in [0.25, 0.3) is 0 Å². The molecule has 0 aliphatic heterocycles. The van der Waals surface area contributed by atoms with Gasteiger partial charge >= 0.3 is 5.97 Å². The van der Waals surface area contributed by atoms with Crippen LogP contribution in [-0.4, -0.2) is 26.2 Å². The smallest absolute Gasteiger partial charge is 0.302 e. The van der Waals surface area contributed by atoms with Gasteiger partial charge < -0.3 is 10.1 Å². The number of unbranched alkanes of at least 4 members (excludes halogenated alkanes) is 3. The first kappa shape index (κ1) is 11.4. The zero-order chi connectivity index (χ0) is 9.23. The van der Waals surface area contributed by atoms with Crippen molar-refractivity contribution < 1.29 is 9.53 Å². The van der Waals surface area contributed by atoms with Crippen molar-refractivity contribution >= 4 is 5.97 Å². The molecule has 0 saturated heterocycles. The van der Waals surface area contributed by atoms with Crippen LogP contribution in [-0.2, 0) is 9.53 Å². The van der Waals surface area contributed by atoms with Crippen LogP contribution in [0.2, 0.25) is 0 Å². The number of rotatable bonds is 7. The highest BCUT2D eigenvalue weighted by Gasteiger charge is 1.92. The maximum absolute atomic E-state index is 10.3. The first-order valence-electron chi connectivity index (χ1n) is 4.55. The number of carbonyl (C=O) groups excluding carboxylic acids is 1. The molecular weight excluding hydrogens is 154 g/mol. The van der Waals surface area contributed by atoms with E-state index in [4.69, 9.17) is 4.74 Å². The van der Waals surface area contributed by atoms with Crippen LogP contribution >= 0.6 is 0 Å². The molecule has 0 amide bonds. The predicted octanol–water partition coefficient (Wildman–Crippen LogP) is 1.33. The minimum Gasteiger partial charge on any atom is -0.466 e. The summed E-state index contributed by atoms with van der Waals surface area (Å²) in [5, 5.41) is 3.09. The van der Waals surface area contributed by atoms with Crippen LogP contribution in [0.3, 0.4) is 0 Å². The van der Waals surface area contributed by atoms with Crippen LogP contribution in [0, 0.1) is 0 Å². The lowest BCUT2D eigenvalue weighted by Crippen LogP contribution is -2.07. The van der Waals surface area contributed by atoms with Gasteiger partial charge in [0.25, 0.3) is 0 Å². The average Bonchev–Trinajstić information content (AvgIpc) is 2.02. The van der Waals surface area contributed by atoms with Gasteiger partial charge in [0.2, 0.25) is 0 Å². The van der Waals surface area contributed by atoms with E-state index >= 15 is 0 Å². The van der Waals surface area contributed by atoms with E-state index in [1.54, 1.807) is 0 Å². The number of ether oxygens (including phenoxy) is 1. The molecule has 3 nitrogen and oxygen atoms in total. The Labute approximate surface area is 74.5 Å². The summed E-state index contributed by atoms with van der Waals surface area (Å²) in [6, 6.07) is 0. The molecule has 0 spiro atoms. The van der Waals surface area contributed by atoms with E-state index in [1.165, 1.54) is 19.8 Å². The van der Waals surface area contributed by atoms with E-state index in [1.807, 2.05) is 7.05 Å². The molecule has 0 bridgehead atoms. The summed E-state index contributed by atoms with van der Waals surface area (Å²) < 4.78 is 4.79. The predicted molar refractivity (Wildman–Crippen MR) is 49.0 cm³/mol. The van der Waals surface area contributed by atoms with Gasteiger partial charge in [0.15, 0.2) is 0 Å². The Kier molecular flexibility index (Phi) is 8.12. The van der Waals surface area contributed by atoms with E-state index in [0.717, 1.165) is 19.4 Å². The first-order chi connectivity index (χ1) is 5.77.